The third-order valence-electron chi connectivity index (χ3n) is 6.85. The van der Waals surface area contributed by atoms with E-state index in [1.165, 1.54) is 125 Å². The molecule has 0 aliphatic rings. The summed E-state index contributed by atoms with van der Waals surface area (Å²) in [5.74, 6) is 0. The average Bonchev–Trinajstić information content (AvgIpc) is 2.79. The van der Waals surface area contributed by atoms with Gasteiger partial charge >= 0.3 is 0 Å². The third kappa shape index (κ3) is 11.7. The highest BCUT2D eigenvalue weighted by atomic mass is 14.5. The van der Waals surface area contributed by atoms with E-state index in [0.717, 1.165) is 12.1 Å². The van der Waals surface area contributed by atoms with Gasteiger partial charge in [-0.2, -0.15) is 0 Å². The van der Waals surface area contributed by atoms with Gasteiger partial charge < -0.3 is 5.73 Å². The van der Waals surface area contributed by atoms with Crippen LogP contribution in [0.1, 0.15) is 125 Å². The van der Waals surface area contributed by atoms with E-state index >= 15 is 0 Å². The first-order chi connectivity index (χ1) is 15.7. The third-order valence-corrected chi connectivity index (χ3v) is 6.85. The highest BCUT2D eigenvalue weighted by molar-refractivity contribution is 5.45. The van der Waals surface area contributed by atoms with Crippen LogP contribution in [0.25, 0.3) is 0 Å². The number of hydrogen-bond acceptors (Lipinski definition) is 1. The van der Waals surface area contributed by atoms with Crippen molar-refractivity contribution in [3.8, 4) is 0 Å². The Labute approximate surface area is 199 Å². The van der Waals surface area contributed by atoms with Crippen LogP contribution >= 0.6 is 0 Å². The summed E-state index contributed by atoms with van der Waals surface area (Å²) in [7, 11) is 0. The molecule has 0 atom stereocenters. The van der Waals surface area contributed by atoms with Gasteiger partial charge in [0.2, 0.25) is 0 Å². The van der Waals surface area contributed by atoms with E-state index in [1.54, 1.807) is 0 Å². The molecule has 0 bridgehead atoms. The number of rotatable bonds is 18. The van der Waals surface area contributed by atoms with E-state index < -0.39 is 0 Å². The summed E-state index contributed by atoms with van der Waals surface area (Å²) < 4.78 is 0. The molecule has 0 saturated carbocycles. The lowest BCUT2D eigenvalue weighted by Gasteiger charge is -2.08. The van der Waals surface area contributed by atoms with Crippen LogP contribution < -0.4 is 5.73 Å². The summed E-state index contributed by atoms with van der Waals surface area (Å²) in [6.45, 7) is 4.45. The number of anilines is 1. The molecule has 2 aromatic rings. The van der Waals surface area contributed by atoms with Crippen LogP contribution in [0.3, 0.4) is 0 Å². The molecule has 178 valence electrons. The largest absolute Gasteiger partial charge is 0.399 e. The molecule has 0 heterocycles. The van der Waals surface area contributed by atoms with Crippen molar-refractivity contribution in [2.24, 2.45) is 0 Å². The molecular formula is C31H49N. The van der Waals surface area contributed by atoms with Crippen molar-refractivity contribution < 1.29 is 0 Å². The summed E-state index contributed by atoms with van der Waals surface area (Å²) in [6.07, 6.45) is 23.6. The molecule has 0 spiro atoms. The van der Waals surface area contributed by atoms with Gasteiger partial charge in [0.25, 0.3) is 0 Å². The smallest absolute Gasteiger partial charge is 0.0316 e. The average molecular weight is 436 g/mol. The predicted octanol–water partition coefficient (Wildman–Crippen LogP) is 9.58. The summed E-state index contributed by atoms with van der Waals surface area (Å²) in [5, 5.41) is 0. The van der Waals surface area contributed by atoms with E-state index in [-0.39, 0.29) is 0 Å². The zero-order chi connectivity index (χ0) is 22.9. The van der Waals surface area contributed by atoms with Crippen molar-refractivity contribution in [2.45, 2.75) is 123 Å². The Morgan fingerprint density at radius 1 is 0.562 bits per heavy atom. The minimum Gasteiger partial charge on any atom is -0.399 e. The fourth-order valence-corrected chi connectivity index (χ4v) is 4.66. The molecule has 0 saturated heterocycles. The SMILES string of the molecule is CCCCCCCCCCCCCCCCCc1ccc(Cc2ccc(N)cc2C)cc1. The Hall–Kier alpha value is -1.76. The summed E-state index contributed by atoms with van der Waals surface area (Å²) in [5.41, 5.74) is 12.2. The predicted molar refractivity (Wildman–Crippen MR) is 143 cm³/mol. The number of unbranched alkanes of at least 4 members (excludes halogenated alkanes) is 14. The number of aryl methyl sites for hydroxylation is 2. The highest BCUT2D eigenvalue weighted by Crippen LogP contribution is 2.18. The minimum atomic E-state index is 0.852. The van der Waals surface area contributed by atoms with Crippen molar-refractivity contribution in [3.63, 3.8) is 0 Å². The van der Waals surface area contributed by atoms with Crippen LogP contribution in [0.5, 0.6) is 0 Å². The molecule has 0 unspecified atom stereocenters. The molecule has 1 heteroatoms. The van der Waals surface area contributed by atoms with Crippen molar-refractivity contribution >= 4 is 5.69 Å². The Kier molecular flexibility index (Phi) is 13.9. The van der Waals surface area contributed by atoms with Gasteiger partial charge in [0.15, 0.2) is 0 Å². The van der Waals surface area contributed by atoms with Crippen molar-refractivity contribution in [3.05, 3.63) is 64.7 Å². The van der Waals surface area contributed by atoms with E-state index in [9.17, 15) is 0 Å². The summed E-state index contributed by atoms with van der Waals surface area (Å²) in [4.78, 5) is 0. The molecule has 0 fully saturated rings. The first-order valence-corrected chi connectivity index (χ1v) is 13.6. The Balaban J connectivity index is 1.44. The van der Waals surface area contributed by atoms with Gasteiger partial charge in [-0.25, -0.2) is 0 Å². The maximum absolute atomic E-state index is 5.87. The first kappa shape index (κ1) is 26.5. The topological polar surface area (TPSA) is 26.0 Å². The maximum Gasteiger partial charge on any atom is 0.0316 e. The van der Waals surface area contributed by atoms with Crippen LogP contribution in [0.2, 0.25) is 0 Å². The molecule has 0 amide bonds. The van der Waals surface area contributed by atoms with E-state index in [0.29, 0.717) is 0 Å². The molecule has 0 radical (unpaired) electrons. The van der Waals surface area contributed by atoms with E-state index in [4.69, 9.17) is 5.73 Å². The van der Waals surface area contributed by atoms with Gasteiger partial charge in [-0.1, -0.05) is 127 Å². The second kappa shape index (κ2) is 16.8. The van der Waals surface area contributed by atoms with Gasteiger partial charge in [-0.05, 0) is 60.6 Å². The molecule has 1 nitrogen and oxygen atoms in total. The van der Waals surface area contributed by atoms with Gasteiger partial charge in [-0.3, -0.25) is 0 Å². The molecule has 2 aromatic carbocycles. The monoisotopic (exact) mass is 435 g/mol. The van der Waals surface area contributed by atoms with Crippen LogP contribution in [0.4, 0.5) is 5.69 Å². The van der Waals surface area contributed by atoms with Crippen molar-refractivity contribution in [2.75, 3.05) is 5.73 Å². The lowest BCUT2D eigenvalue weighted by atomic mass is 9.98. The maximum atomic E-state index is 5.87. The highest BCUT2D eigenvalue weighted by Gasteiger charge is 2.02. The normalized spacial score (nSPS) is 11.2. The Bertz CT molecular complexity index is 716. The van der Waals surface area contributed by atoms with Gasteiger partial charge in [0.1, 0.15) is 0 Å². The van der Waals surface area contributed by atoms with Crippen molar-refractivity contribution in [1.29, 1.82) is 0 Å². The minimum absolute atomic E-state index is 0.852. The second-order valence-electron chi connectivity index (χ2n) is 9.88. The van der Waals surface area contributed by atoms with Gasteiger partial charge in [-0.15, -0.1) is 0 Å². The fraction of sp³-hybridized carbons (Fsp3) is 0.613. The van der Waals surface area contributed by atoms with Crippen LogP contribution in [0.15, 0.2) is 42.5 Å². The van der Waals surface area contributed by atoms with E-state index in [2.05, 4.69) is 50.2 Å². The second-order valence-corrected chi connectivity index (χ2v) is 9.88. The van der Waals surface area contributed by atoms with Crippen LogP contribution in [0, 0.1) is 6.92 Å². The zero-order valence-electron chi connectivity index (χ0n) is 21.1. The van der Waals surface area contributed by atoms with Crippen LogP contribution in [-0.4, -0.2) is 0 Å². The van der Waals surface area contributed by atoms with Crippen molar-refractivity contribution in [1.82, 2.24) is 0 Å². The number of nitrogens with two attached hydrogens (primary N) is 1. The Morgan fingerprint density at radius 2 is 1.03 bits per heavy atom. The van der Waals surface area contributed by atoms with E-state index in [1.807, 2.05) is 6.07 Å². The fourth-order valence-electron chi connectivity index (χ4n) is 4.66. The van der Waals surface area contributed by atoms with Gasteiger partial charge in [0.05, 0.1) is 0 Å². The summed E-state index contributed by atoms with van der Waals surface area (Å²) >= 11 is 0. The molecule has 0 aliphatic carbocycles. The molecule has 2 N–H and O–H groups in total. The van der Waals surface area contributed by atoms with Crippen LogP contribution in [-0.2, 0) is 12.8 Å². The lowest BCUT2D eigenvalue weighted by molar-refractivity contribution is 0.532. The molecular weight excluding hydrogens is 386 g/mol. The lowest BCUT2D eigenvalue weighted by Crippen LogP contribution is -1.95. The standard InChI is InChI=1S/C31H49N/c1-3-4-5-6-7-8-9-10-11-12-13-14-15-16-17-18-28-19-21-29(22-20-28)26-30-23-24-31(32)25-27(30)2/h19-25H,3-18,26,32H2,1-2H3. The number of hydrogen-bond donors (Lipinski definition) is 1. The molecule has 0 aromatic heterocycles. The zero-order valence-corrected chi connectivity index (χ0v) is 21.1. The molecule has 0 aliphatic heterocycles. The number of nitrogen functional groups attached to an aromatic ring is 1. The first-order valence-electron chi connectivity index (χ1n) is 13.6. The number of benzene rings is 2. The quantitative estimate of drug-likeness (QED) is 0.183. The summed E-state index contributed by atoms with van der Waals surface area (Å²) in [6, 6.07) is 15.5. The molecule has 32 heavy (non-hydrogen) atoms. The molecule has 2 rings (SSSR count). The Morgan fingerprint density at radius 3 is 1.53 bits per heavy atom. The van der Waals surface area contributed by atoms with Gasteiger partial charge in [0, 0.05) is 5.69 Å².